The molecule has 0 amide bonds. The summed E-state index contributed by atoms with van der Waals surface area (Å²) in [7, 11) is 1.58. The molecule has 1 aliphatic heterocycles. The predicted octanol–water partition coefficient (Wildman–Crippen LogP) is 1.75. The van der Waals surface area contributed by atoms with Gasteiger partial charge >= 0.3 is 5.97 Å². The van der Waals surface area contributed by atoms with Gasteiger partial charge < -0.3 is 14.6 Å². The molecule has 90 valence electrons. The van der Waals surface area contributed by atoms with E-state index in [2.05, 4.69) is 0 Å². The maximum absolute atomic E-state index is 11.3. The second-order valence-electron chi connectivity index (χ2n) is 4.65. The molecule has 4 nitrogen and oxygen atoms in total. The first-order chi connectivity index (χ1) is 8.17. The first-order valence-electron chi connectivity index (χ1n) is 5.75. The molecule has 1 aromatic rings. The molecule has 0 aromatic heterocycles. The van der Waals surface area contributed by atoms with Gasteiger partial charge in [-0.05, 0) is 24.5 Å². The quantitative estimate of drug-likeness (QED) is 0.865. The molecule has 1 aromatic carbocycles. The largest absolute Gasteiger partial charge is 0.493 e. The van der Waals surface area contributed by atoms with E-state index in [-0.39, 0.29) is 0 Å². The number of carboxylic acid groups (broad SMARTS) is 1. The fraction of sp³-hybridized carbons (Fsp3) is 0.462. The lowest BCUT2D eigenvalue weighted by Gasteiger charge is -2.14. The third-order valence-corrected chi connectivity index (χ3v) is 3.68. The van der Waals surface area contributed by atoms with Crippen LogP contribution in [0.4, 0.5) is 0 Å². The monoisotopic (exact) mass is 234 g/mol. The van der Waals surface area contributed by atoms with Gasteiger partial charge in [-0.15, -0.1) is 0 Å². The molecule has 1 saturated carbocycles. The minimum Gasteiger partial charge on any atom is -0.493 e. The third kappa shape index (κ3) is 1.40. The highest BCUT2D eigenvalue weighted by Crippen LogP contribution is 2.51. The molecule has 0 atom stereocenters. The van der Waals surface area contributed by atoms with Gasteiger partial charge in [0.1, 0.15) is 0 Å². The zero-order valence-electron chi connectivity index (χ0n) is 9.66. The van der Waals surface area contributed by atoms with Crippen molar-refractivity contribution >= 4 is 5.97 Å². The van der Waals surface area contributed by atoms with Gasteiger partial charge in [-0.3, -0.25) is 4.79 Å². The Balaban J connectivity index is 2.11. The van der Waals surface area contributed by atoms with Gasteiger partial charge in [0, 0.05) is 12.0 Å². The zero-order chi connectivity index (χ0) is 12.0. The van der Waals surface area contributed by atoms with Crippen LogP contribution in [0, 0.1) is 0 Å². The molecule has 1 N–H and O–H groups in total. The van der Waals surface area contributed by atoms with E-state index in [1.165, 1.54) is 0 Å². The van der Waals surface area contributed by atoms with E-state index in [0.29, 0.717) is 25.2 Å². The Bertz CT molecular complexity index is 488. The SMILES string of the molecule is COc1cc(C2(C(=O)O)CC2)cc2c1OCC2. The van der Waals surface area contributed by atoms with Gasteiger partial charge in [-0.2, -0.15) is 0 Å². The van der Waals surface area contributed by atoms with Crippen LogP contribution in [-0.2, 0) is 16.6 Å². The number of rotatable bonds is 3. The van der Waals surface area contributed by atoms with E-state index in [1.807, 2.05) is 12.1 Å². The Morgan fingerprint density at radius 1 is 1.47 bits per heavy atom. The van der Waals surface area contributed by atoms with Crippen LogP contribution >= 0.6 is 0 Å². The van der Waals surface area contributed by atoms with Crippen molar-refractivity contribution in [2.24, 2.45) is 0 Å². The Hall–Kier alpha value is -1.71. The Morgan fingerprint density at radius 3 is 2.82 bits per heavy atom. The summed E-state index contributed by atoms with van der Waals surface area (Å²) in [6.07, 6.45) is 2.26. The summed E-state index contributed by atoms with van der Waals surface area (Å²) in [5.41, 5.74) is 1.24. The topological polar surface area (TPSA) is 55.8 Å². The molecule has 17 heavy (non-hydrogen) atoms. The predicted molar refractivity (Wildman–Crippen MR) is 60.7 cm³/mol. The Labute approximate surface area is 99.2 Å². The molecule has 0 bridgehead atoms. The number of fused-ring (bicyclic) bond motifs is 1. The van der Waals surface area contributed by atoms with Crippen molar-refractivity contribution in [1.82, 2.24) is 0 Å². The first-order valence-corrected chi connectivity index (χ1v) is 5.75. The van der Waals surface area contributed by atoms with Gasteiger partial charge in [0.2, 0.25) is 0 Å². The van der Waals surface area contributed by atoms with Crippen molar-refractivity contribution in [3.8, 4) is 11.5 Å². The van der Waals surface area contributed by atoms with Gasteiger partial charge in [0.15, 0.2) is 11.5 Å². The average Bonchev–Trinajstić information content (AvgIpc) is 3.01. The van der Waals surface area contributed by atoms with Crippen LogP contribution < -0.4 is 9.47 Å². The maximum Gasteiger partial charge on any atom is 0.314 e. The van der Waals surface area contributed by atoms with Gasteiger partial charge in [0.05, 0.1) is 19.1 Å². The molecule has 1 aliphatic carbocycles. The van der Waals surface area contributed by atoms with Gasteiger partial charge in [-0.25, -0.2) is 0 Å². The lowest BCUT2D eigenvalue weighted by atomic mass is 9.93. The van der Waals surface area contributed by atoms with Crippen molar-refractivity contribution in [2.45, 2.75) is 24.7 Å². The van der Waals surface area contributed by atoms with Gasteiger partial charge in [-0.1, -0.05) is 6.07 Å². The lowest BCUT2D eigenvalue weighted by molar-refractivity contribution is -0.140. The molecular weight excluding hydrogens is 220 g/mol. The van der Waals surface area contributed by atoms with E-state index in [4.69, 9.17) is 9.47 Å². The highest BCUT2D eigenvalue weighted by atomic mass is 16.5. The first kappa shape index (κ1) is 10.4. The van der Waals surface area contributed by atoms with Crippen LogP contribution in [0.3, 0.4) is 0 Å². The summed E-state index contributed by atoms with van der Waals surface area (Å²) in [5.74, 6) is 0.693. The standard InChI is InChI=1S/C13H14O4/c1-16-10-7-9(13(3-4-13)12(14)15)6-8-2-5-17-11(8)10/h6-7H,2-5H2,1H3,(H,14,15). The van der Waals surface area contributed by atoms with Crippen LogP contribution in [0.5, 0.6) is 11.5 Å². The second-order valence-corrected chi connectivity index (χ2v) is 4.65. The van der Waals surface area contributed by atoms with Crippen LogP contribution in [0.15, 0.2) is 12.1 Å². The van der Waals surface area contributed by atoms with Crippen LogP contribution in [0.1, 0.15) is 24.0 Å². The Kier molecular flexibility index (Phi) is 2.08. The number of hydrogen-bond donors (Lipinski definition) is 1. The molecule has 4 heteroatoms. The highest BCUT2D eigenvalue weighted by molar-refractivity contribution is 5.85. The third-order valence-electron chi connectivity index (χ3n) is 3.68. The van der Waals surface area contributed by atoms with E-state index in [9.17, 15) is 9.90 Å². The molecule has 0 unspecified atom stereocenters. The molecule has 0 radical (unpaired) electrons. The smallest absolute Gasteiger partial charge is 0.314 e. The molecule has 1 fully saturated rings. The van der Waals surface area contributed by atoms with Crippen LogP contribution in [-0.4, -0.2) is 24.8 Å². The molecule has 0 saturated heterocycles. The lowest BCUT2D eigenvalue weighted by Crippen LogP contribution is -2.19. The second kappa shape index (κ2) is 3.39. The number of methoxy groups -OCH3 is 1. The van der Waals surface area contributed by atoms with Crippen molar-refractivity contribution in [1.29, 1.82) is 0 Å². The molecule has 2 aliphatic rings. The summed E-state index contributed by atoms with van der Waals surface area (Å²) in [5, 5.41) is 9.30. The maximum atomic E-state index is 11.3. The number of carboxylic acids is 1. The highest BCUT2D eigenvalue weighted by Gasteiger charge is 2.52. The summed E-state index contributed by atoms with van der Waals surface area (Å²) in [6, 6.07) is 3.78. The number of carbonyl (C=O) groups is 1. The van der Waals surface area contributed by atoms with Crippen molar-refractivity contribution < 1.29 is 19.4 Å². The summed E-state index contributed by atoms with van der Waals surface area (Å²) in [6.45, 7) is 0.648. The Morgan fingerprint density at radius 2 is 2.24 bits per heavy atom. The number of benzene rings is 1. The van der Waals surface area contributed by atoms with Crippen LogP contribution in [0.25, 0.3) is 0 Å². The average molecular weight is 234 g/mol. The van der Waals surface area contributed by atoms with E-state index in [0.717, 1.165) is 23.3 Å². The van der Waals surface area contributed by atoms with E-state index in [1.54, 1.807) is 7.11 Å². The fourth-order valence-electron chi connectivity index (χ4n) is 2.45. The number of hydrogen-bond acceptors (Lipinski definition) is 3. The molecule has 1 heterocycles. The normalized spacial score (nSPS) is 19.4. The van der Waals surface area contributed by atoms with E-state index >= 15 is 0 Å². The molecular formula is C13H14O4. The summed E-state index contributed by atoms with van der Waals surface area (Å²) >= 11 is 0. The fourth-order valence-corrected chi connectivity index (χ4v) is 2.45. The van der Waals surface area contributed by atoms with Crippen molar-refractivity contribution in [3.63, 3.8) is 0 Å². The summed E-state index contributed by atoms with van der Waals surface area (Å²) in [4.78, 5) is 11.3. The van der Waals surface area contributed by atoms with Crippen LogP contribution in [0.2, 0.25) is 0 Å². The zero-order valence-corrected chi connectivity index (χ0v) is 9.66. The minimum atomic E-state index is -0.738. The number of aliphatic carboxylic acids is 1. The van der Waals surface area contributed by atoms with E-state index < -0.39 is 11.4 Å². The van der Waals surface area contributed by atoms with Gasteiger partial charge in [0.25, 0.3) is 0 Å². The summed E-state index contributed by atoms with van der Waals surface area (Å²) < 4.78 is 10.8. The molecule has 0 spiro atoms. The van der Waals surface area contributed by atoms with Crippen molar-refractivity contribution in [2.75, 3.05) is 13.7 Å². The number of ether oxygens (including phenoxy) is 2. The minimum absolute atomic E-state index is 0.648. The molecule has 3 rings (SSSR count). The van der Waals surface area contributed by atoms with Crippen molar-refractivity contribution in [3.05, 3.63) is 23.3 Å².